The van der Waals surface area contributed by atoms with E-state index in [-0.39, 0.29) is 42.9 Å². The van der Waals surface area contributed by atoms with E-state index in [2.05, 4.69) is 15.4 Å². The van der Waals surface area contributed by atoms with Crippen LogP contribution in [0.2, 0.25) is 0 Å². The molecule has 3 heterocycles. The third-order valence-electron chi connectivity index (χ3n) is 7.33. The Kier molecular flexibility index (Phi) is 6.88. The molecule has 0 unspecified atom stereocenters. The maximum atomic E-state index is 13.8. The van der Waals surface area contributed by atoms with Crippen LogP contribution in [0.15, 0.2) is 54.7 Å². The number of carbonyl (C=O) groups excluding carboxylic acids is 3. The fraction of sp³-hybridized carbons (Fsp3) is 0.393. The fourth-order valence-corrected chi connectivity index (χ4v) is 5.43. The Morgan fingerprint density at radius 1 is 1.14 bits per heavy atom. The number of aliphatic hydroxyl groups is 1. The van der Waals surface area contributed by atoms with Crippen LogP contribution in [0.4, 0.5) is 0 Å². The van der Waals surface area contributed by atoms with E-state index in [0.29, 0.717) is 18.5 Å². The summed E-state index contributed by atoms with van der Waals surface area (Å²) in [7, 11) is 0. The van der Waals surface area contributed by atoms with Crippen molar-refractivity contribution in [2.45, 2.75) is 57.8 Å². The summed E-state index contributed by atoms with van der Waals surface area (Å²) in [5.74, 6) is -0.672. The summed E-state index contributed by atoms with van der Waals surface area (Å²) in [6.07, 6.45) is 1.88. The van der Waals surface area contributed by atoms with Gasteiger partial charge in [0.15, 0.2) is 5.78 Å². The number of Topliss-reactive ketones (excluding diaryl/α,β-unsaturated/α-hetero) is 1. The highest BCUT2D eigenvalue weighted by Crippen LogP contribution is 2.30. The number of aromatic nitrogens is 3. The van der Waals surface area contributed by atoms with Gasteiger partial charge in [-0.1, -0.05) is 56.3 Å². The SMILES string of the molecule is CC(C)[C@@H](C(=O)N1C[C@H](O)C[C@H]1C(=O)CCc1ccc(-c2cn[nH]n2)cc1)N1Cc2ccccc2C1=O. The van der Waals surface area contributed by atoms with Gasteiger partial charge in [0, 0.05) is 37.1 Å². The summed E-state index contributed by atoms with van der Waals surface area (Å²) in [4.78, 5) is 43.3. The number of aromatic amines is 1. The number of likely N-dealkylation sites (tertiary alicyclic amines) is 1. The molecular formula is C28H31N5O4. The molecule has 2 aliphatic heterocycles. The number of aliphatic hydroxyl groups excluding tert-OH is 1. The van der Waals surface area contributed by atoms with Crippen molar-refractivity contribution in [3.8, 4) is 11.3 Å². The van der Waals surface area contributed by atoms with Crippen LogP contribution in [0, 0.1) is 5.92 Å². The second kappa shape index (κ2) is 10.3. The number of hydrogen-bond donors (Lipinski definition) is 2. The van der Waals surface area contributed by atoms with Crippen LogP contribution in [-0.4, -0.2) is 72.6 Å². The molecule has 5 rings (SSSR count). The Balaban J connectivity index is 1.27. The van der Waals surface area contributed by atoms with Crippen molar-refractivity contribution >= 4 is 17.6 Å². The van der Waals surface area contributed by atoms with Gasteiger partial charge in [0.25, 0.3) is 5.91 Å². The van der Waals surface area contributed by atoms with Crippen LogP contribution in [0.1, 0.15) is 48.2 Å². The topological polar surface area (TPSA) is 119 Å². The van der Waals surface area contributed by atoms with Gasteiger partial charge in [-0.25, -0.2) is 0 Å². The molecule has 3 aromatic rings. The largest absolute Gasteiger partial charge is 0.391 e. The Labute approximate surface area is 215 Å². The average Bonchev–Trinajstić information content (AvgIpc) is 3.63. The van der Waals surface area contributed by atoms with Crippen LogP contribution in [-0.2, 0) is 22.6 Å². The summed E-state index contributed by atoms with van der Waals surface area (Å²) in [5, 5.41) is 20.9. The minimum absolute atomic E-state index is 0.0796. The predicted octanol–water partition coefficient (Wildman–Crippen LogP) is 2.62. The molecule has 2 amide bonds. The van der Waals surface area contributed by atoms with E-state index in [0.717, 1.165) is 22.4 Å². The molecule has 192 valence electrons. The van der Waals surface area contributed by atoms with Crippen LogP contribution in [0.5, 0.6) is 0 Å². The first kappa shape index (κ1) is 24.8. The van der Waals surface area contributed by atoms with Gasteiger partial charge in [0.2, 0.25) is 5.91 Å². The number of β-amino-alcohol motifs (C(OH)–C–C–N with tert-alkyl or cyclic N) is 1. The number of benzene rings is 2. The lowest BCUT2D eigenvalue weighted by atomic mass is 9.98. The summed E-state index contributed by atoms with van der Waals surface area (Å²) in [6, 6.07) is 13.8. The van der Waals surface area contributed by atoms with Gasteiger partial charge >= 0.3 is 0 Å². The minimum Gasteiger partial charge on any atom is -0.391 e. The average molecular weight is 502 g/mol. The number of aryl methyl sites for hydroxylation is 1. The Morgan fingerprint density at radius 3 is 2.57 bits per heavy atom. The highest BCUT2D eigenvalue weighted by atomic mass is 16.3. The molecule has 0 aliphatic carbocycles. The monoisotopic (exact) mass is 501 g/mol. The maximum absolute atomic E-state index is 13.8. The molecular weight excluding hydrogens is 470 g/mol. The predicted molar refractivity (Wildman–Crippen MR) is 136 cm³/mol. The Bertz CT molecular complexity index is 1290. The summed E-state index contributed by atoms with van der Waals surface area (Å²) < 4.78 is 0. The highest BCUT2D eigenvalue weighted by Gasteiger charge is 2.45. The zero-order chi connectivity index (χ0) is 26.1. The number of fused-ring (bicyclic) bond motifs is 1. The molecule has 0 spiro atoms. The number of ketones is 1. The molecule has 3 atom stereocenters. The van der Waals surface area contributed by atoms with Crippen molar-refractivity contribution in [2.75, 3.05) is 6.54 Å². The van der Waals surface area contributed by atoms with Gasteiger partial charge in [-0.05, 0) is 29.5 Å². The lowest BCUT2D eigenvalue weighted by molar-refractivity contribution is -0.142. The summed E-state index contributed by atoms with van der Waals surface area (Å²) >= 11 is 0. The van der Waals surface area contributed by atoms with Crippen molar-refractivity contribution in [3.05, 3.63) is 71.4 Å². The van der Waals surface area contributed by atoms with E-state index < -0.39 is 18.2 Å². The molecule has 37 heavy (non-hydrogen) atoms. The second-order valence-electron chi connectivity index (χ2n) is 10.2. The van der Waals surface area contributed by atoms with Gasteiger partial charge in [-0.3, -0.25) is 14.4 Å². The second-order valence-corrected chi connectivity index (χ2v) is 10.2. The molecule has 9 heteroatoms. The number of nitrogens with zero attached hydrogens (tertiary/aromatic N) is 4. The van der Waals surface area contributed by atoms with E-state index in [4.69, 9.17) is 0 Å². The lowest BCUT2D eigenvalue weighted by Crippen LogP contribution is -2.54. The van der Waals surface area contributed by atoms with Gasteiger partial charge in [0.05, 0.1) is 18.3 Å². The van der Waals surface area contributed by atoms with Crippen molar-refractivity contribution in [2.24, 2.45) is 5.92 Å². The first-order chi connectivity index (χ1) is 17.8. The van der Waals surface area contributed by atoms with Gasteiger partial charge in [-0.2, -0.15) is 15.4 Å². The van der Waals surface area contributed by atoms with Gasteiger partial charge < -0.3 is 14.9 Å². The first-order valence-corrected chi connectivity index (χ1v) is 12.7. The molecule has 2 aromatic carbocycles. The van der Waals surface area contributed by atoms with Crippen molar-refractivity contribution in [1.82, 2.24) is 25.2 Å². The summed E-state index contributed by atoms with van der Waals surface area (Å²) in [5.41, 5.74) is 4.19. The molecule has 0 saturated carbocycles. The van der Waals surface area contributed by atoms with Crippen molar-refractivity contribution in [1.29, 1.82) is 0 Å². The molecule has 0 radical (unpaired) electrons. The van der Waals surface area contributed by atoms with E-state index in [1.54, 1.807) is 17.2 Å². The van der Waals surface area contributed by atoms with E-state index in [1.165, 1.54) is 4.90 Å². The van der Waals surface area contributed by atoms with Crippen LogP contribution in [0.3, 0.4) is 0 Å². The third kappa shape index (κ3) is 4.91. The van der Waals surface area contributed by atoms with Crippen LogP contribution < -0.4 is 0 Å². The number of carbonyl (C=O) groups is 3. The van der Waals surface area contributed by atoms with Crippen LogP contribution in [0.25, 0.3) is 11.3 Å². The molecule has 1 fully saturated rings. The molecule has 1 aromatic heterocycles. The minimum atomic E-state index is -0.765. The Hall–Kier alpha value is -3.85. The third-order valence-corrected chi connectivity index (χ3v) is 7.33. The van der Waals surface area contributed by atoms with E-state index in [9.17, 15) is 19.5 Å². The standard InChI is InChI=1S/C28H31N5O4/c1-17(2)26(33-15-20-5-3-4-6-22(20)27(33)36)28(37)32-16-21(34)13-24(32)25(35)12-9-18-7-10-19(11-8-18)23-14-29-31-30-23/h3-8,10-11,14,17,21,24,26,34H,9,12-13,15-16H2,1-2H3,(H,29,30,31)/t21-,24+,26+/m1/s1. The molecule has 0 bridgehead atoms. The fourth-order valence-electron chi connectivity index (χ4n) is 5.43. The molecule has 9 nitrogen and oxygen atoms in total. The molecule has 1 saturated heterocycles. The number of H-pyrrole nitrogens is 1. The highest BCUT2D eigenvalue weighted by molar-refractivity contribution is 6.01. The molecule has 2 N–H and O–H groups in total. The Morgan fingerprint density at radius 2 is 1.89 bits per heavy atom. The normalized spacial score (nSPS) is 19.9. The quantitative estimate of drug-likeness (QED) is 0.490. The number of hydrogen-bond acceptors (Lipinski definition) is 6. The number of rotatable bonds is 8. The molecule has 2 aliphatic rings. The number of amides is 2. The lowest BCUT2D eigenvalue weighted by Gasteiger charge is -2.35. The van der Waals surface area contributed by atoms with Crippen molar-refractivity contribution < 1.29 is 19.5 Å². The van der Waals surface area contributed by atoms with Gasteiger partial charge in [0.1, 0.15) is 11.7 Å². The zero-order valence-electron chi connectivity index (χ0n) is 21.0. The van der Waals surface area contributed by atoms with Crippen LogP contribution >= 0.6 is 0 Å². The van der Waals surface area contributed by atoms with E-state index in [1.807, 2.05) is 56.3 Å². The first-order valence-electron chi connectivity index (χ1n) is 12.7. The van der Waals surface area contributed by atoms with E-state index >= 15 is 0 Å². The summed E-state index contributed by atoms with van der Waals surface area (Å²) in [6.45, 7) is 4.28. The number of nitrogens with one attached hydrogen (secondary N) is 1. The van der Waals surface area contributed by atoms with Crippen molar-refractivity contribution in [3.63, 3.8) is 0 Å². The smallest absolute Gasteiger partial charge is 0.255 e. The zero-order valence-corrected chi connectivity index (χ0v) is 21.0. The maximum Gasteiger partial charge on any atom is 0.255 e. The van der Waals surface area contributed by atoms with Gasteiger partial charge in [-0.15, -0.1) is 0 Å².